The number of anilines is 1. The molecule has 0 saturated heterocycles. The zero-order valence-electron chi connectivity index (χ0n) is 24.2. The number of carbonyl (C=O) groups excluding carboxylic acids is 2. The maximum Gasteiger partial charge on any atom is 0.257 e. The molecule has 8 heteroatoms. The van der Waals surface area contributed by atoms with Crippen LogP contribution in [0.15, 0.2) is 97.3 Å². The maximum absolute atomic E-state index is 13.6. The first kappa shape index (κ1) is 28.8. The fourth-order valence-electron chi connectivity index (χ4n) is 5.03. The van der Waals surface area contributed by atoms with Crippen molar-refractivity contribution < 1.29 is 19.1 Å². The Morgan fingerprint density at radius 3 is 2.43 bits per heavy atom. The third kappa shape index (κ3) is 7.14. The van der Waals surface area contributed by atoms with E-state index >= 15 is 0 Å². The fraction of sp³-hybridized carbons (Fsp3) is 0.265. The van der Waals surface area contributed by atoms with E-state index in [9.17, 15) is 9.59 Å². The Labute approximate surface area is 246 Å². The number of aromatic nitrogens is 1. The summed E-state index contributed by atoms with van der Waals surface area (Å²) in [4.78, 5) is 34.6. The Hall–Kier alpha value is -4.69. The van der Waals surface area contributed by atoms with Gasteiger partial charge in [0.15, 0.2) is 5.75 Å². The number of hydrogen-bond acceptors (Lipinski definition) is 6. The summed E-state index contributed by atoms with van der Waals surface area (Å²) in [6, 6.07) is 26.4. The fourth-order valence-corrected chi connectivity index (χ4v) is 5.03. The molecule has 1 atom stereocenters. The molecule has 0 spiro atoms. The quantitative estimate of drug-likeness (QED) is 0.258. The summed E-state index contributed by atoms with van der Waals surface area (Å²) in [6.07, 6.45) is 3.59. The molecule has 1 N–H and O–H groups in total. The van der Waals surface area contributed by atoms with Crippen LogP contribution in [0.2, 0.25) is 0 Å². The van der Waals surface area contributed by atoms with E-state index < -0.39 is 0 Å². The third-order valence-electron chi connectivity index (χ3n) is 7.17. The van der Waals surface area contributed by atoms with Crippen molar-refractivity contribution in [3.05, 3.63) is 114 Å². The topological polar surface area (TPSA) is 84.0 Å². The number of pyridine rings is 1. The van der Waals surface area contributed by atoms with Crippen LogP contribution in [0.5, 0.6) is 17.2 Å². The first-order valence-corrected chi connectivity index (χ1v) is 14.2. The summed E-state index contributed by atoms with van der Waals surface area (Å²) in [5.74, 6) is 1.58. The molecule has 1 aromatic heterocycles. The average Bonchev–Trinajstić information content (AvgIpc) is 2.99. The summed E-state index contributed by atoms with van der Waals surface area (Å²) in [5, 5.41) is 2.95. The van der Waals surface area contributed by atoms with Crippen molar-refractivity contribution in [3.63, 3.8) is 0 Å². The number of ether oxygens (including phenoxy) is 2. The standard InChI is InChI=1S/C34H36N4O4/c1-24(2)38-21-18-29(23-37(3)22-25-12-14-28(15-13-25)41-27-8-5-4-6-9-27)42-32-30(34(38)40)10-7-11-31(32)36-33(39)26-16-19-35-20-17-26/h4-17,19-20,24,29H,18,21-23H2,1-3H3,(H,36,39)/t29-/m0/s1. The van der Waals surface area contributed by atoms with Gasteiger partial charge in [-0.15, -0.1) is 0 Å². The lowest BCUT2D eigenvalue weighted by molar-refractivity contribution is 0.0595. The van der Waals surface area contributed by atoms with Crippen LogP contribution in [0.4, 0.5) is 5.69 Å². The van der Waals surface area contributed by atoms with Crippen LogP contribution in [0.1, 0.15) is 46.5 Å². The second-order valence-corrected chi connectivity index (χ2v) is 10.7. The molecule has 2 amide bonds. The highest BCUT2D eigenvalue weighted by Gasteiger charge is 2.30. The van der Waals surface area contributed by atoms with E-state index in [1.165, 1.54) is 0 Å². The molecule has 42 heavy (non-hydrogen) atoms. The van der Waals surface area contributed by atoms with Crippen LogP contribution in [0.3, 0.4) is 0 Å². The number of likely N-dealkylation sites (N-methyl/N-ethyl adjacent to an activating group) is 1. The SMILES string of the molecule is CC(C)N1CC[C@@H](CN(C)Cc2ccc(Oc3ccccc3)cc2)Oc2c(NC(=O)c3ccncc3)cccc2C1=O. The van der Waals surface area contributed by atoms with Crippen molar-refractivity contribution in [1.82, 2.24) is 14.8 Å². The van der Waals surface area contributed by atoms with Crippen LogP contribution in [0, 0.1) is 0 Å². The van der Waals surface area contributed by atoms with Crippen molar-refractivity contribution in [2.24, 2.45) is 0 Å². The molecule has 1 aliphatic rings. The predicted molar refractivity (Wildman–Crippen MR) is 163 cm³/mol. The molecule has 216 valence electrons. The number of benzene rings is 3. The van der Waals surface area contributed by atoms with Crippen molar-refractivity contribution in [2.45, 2.75) is 39.0 Å². The van der Waals surface area contributed by atoms with Gasteiger partial charge in [-0.2, -0.15) is 0 Å². The zero-order chi connectivity index (χ0) is 29.5. The van der Waals surface area contributed by atoms with Crippen LogP contribution in [-0.2, 0) is 6.54 Å². The third-order valence-corrected chi connectivity index (χ3v) is 7.17. The lowest BCUT2D eigenvalue weighted by Crippen LogP contribution is -2.44. The second kappa shape index (κ2) is 13.3. The van der Waals surface area contributed by atoms with Gasteiger partial charge in [-0.3, -0.25) is 19.5 Å². The van der Waals surface area contributed by atoms with Crippen molar-refractivity contribution in [3.8, 4) is 17.2 Å². The highest BCUT2D eigenvalue weighted by molar-refractivity contribution is 6.07. The van der Waals surface area contributed by atoms with Gasteiger partial charge in [0, 0.05) is 50.1 Å². The number of rotatable bonds is 9. The minimum atomic E-state index is -0.294. The van der Waals surface area contributed by atoms with Gasteiger partial charge in [-0.1, -0.05) is 36.4 Å². The lowest BCUT2D eigenvalue weighted by Gasteiger charge is -2.34. The van der Waals surface area contributed by atoms with Crippen molar-refractivity contribution in [1.29, 1.82) is 0 Å². The monoisotopic (exact) mass is 564 g/mol. The van der Waals surface area contributed by atoms with Crippen LogP contribution >= 0.6 is 0 Å². The van der Waals surface area contributed by atoms with E-state index in [-0.39, 0.29) is 24.0 Å². The molecule has 0 bridgehead atoms. The summed E-state index contributed by atoms with van der Waals surface area (Å²) < 4.78 is 12.5. The lowest BCUT2D eigenvalue weighted by atomic mass is 10.1. The number of fused-ring (bicyclic) bond motifs is 1. The number of carbonyl (C=O) groups is 2. The first-order chi connectivity index (χ1) is 20.4. The largest absolute Gasteiger partial charge is 0.486 e. The molecule has 0 fully saturated rings. The zero-order valence-corrected chi connectivity index (χ0v) is 24.2. The van der Waals surface area contributed by atoms with Gasteiger partial charge in [0.25, 0.3) is 11.8 Å². The normalized spacial score (nSPS) is 15.0. The smallest absolute Gasteiger partial charge is 0.257 e. The Kier molecular flexibility index (Phi) is 9.14. The van der Waals surface area contributed by atoms with Crippen molar-refractivity contribution in [2.75, 3.05) is 25.5 Å². The highest BCUT2D eigenvalue weighted by atomic mass is 16.5. The number of para-hydroxylation sites is 2. The minimum Gasteiger partial charge on any atom is -0.486 e. The molecular weight excluding hydrogens is 528 g/mol. The number of amides is 2. The van der Waals surface area contributed by atoms with Crippen molar-refractivity contribution >= 4 is 17.5 Å². The highest BCUT2D eigenvalue weighted by Crippen LogP contribution is 2.34. The number of hydrogen-bond donors (Lipinski definition) is 1. The van der Waals surface area contributed by atoms with Gasteiger partial charge in [0.1, 0.15) is 17.6 Å². The number of nitrogens with one attached hydrogen (secondary N) is 1. The van der Waals surface area contributed by atoms with E-state index in [4.69, 9.17) is 9.47 Å². The van der Waals surface area contributed by atoms with Gasteiger partial charge < -0.3 is 19.7 Å². The molecule has 3 aromatic carbocycles. The van der Waals surface area contributed by atoms with E-state index in [1.54, 1.807) is 42.7 Å². The molecule has 0 unspecified atom stereocenters. The van der Waals surface area contributed by atoms with E-state index in [0.717, 1.165) is 17.1 Å². The molecule has 2 heterocycles. The Bertz CT molecular complexity index is 1490. The Morgan fingerprint density at radius 1 is 1.00 bits per heavy atom. The Balaban J connectivity index is 1.32. The average molecular weight is 565 g/mol. The number of nitrogens with zero attached hydrogens (tertiary/aromatic N) is 3. The van der Waals surface area contributed by atoms with Gasteiger partial charge in [0.2, 0.25) is 0 Å². The van der Waals surface area contributed by atoms with Crippen LogP contribution in [-0.4, -0.2) is 58.9 Å². The minimum absolute atomic E-state index is 0.0218. The first-order valence-electron chi connectivity index (χ1n) is 14.2. The molecule has 4 aromatic rings. The predicted octanol–water partition coefficient (Wildman–Crippen LogP) is 6.26. The molecule has 5 rings (SSSR count). The summed E-state index contributed by atoms with van der Waals surface area (Å²) in [6.45, 7) is 5.95. The maximum atomic E-state index is 13.6. The van der Waals surface area contributed by atoms with E-state index in [2.05, 4.69) is 34.4 Å². The van der Waals surface area contributed by atoms with E-state index in [1.807, 2.05) is 61.2 Å². The van der Waals surface area contributed by atoms with Gasteiger partial charge >= 0.3 is 0 Å². The van der Waals surface area contributed by atoms with Gasteiger partial charge in [0.05, 0.1) is 11.3 Å². The molecular formula is C34H36N4O4. The summed E-state index contributed by atoms with van der Waals surface area (Å²) >= 11 is 0. The molecule has 8 nitrogen and oxygen atoms in total. The van der Waals surface area contributed by atoms with E-state index in [0.29, 0.717) is 48.6 Å². The van der Waals surface area contributed by atoms with Crippen LogP contribution in [0.25, 0.3) is 0 Å². The second-order valence-electron chi connectivity index (χ2n) is 10.7. The summed E-state index contributed by atoms with van der Waals surface area (Å²) in [7, 11) is 2.06. The van der Waals surface area contributed by atoms with Crippen LogP contribution < -0.4 is 14.8 Å². The van der Waals surface area contributed by atoms with Gasteiger partial charge in [-0.05, 0) is 75.0 Å². The molecule has 1 aliphatic heterocycles. The summed E-state index contributed by atoms with van der Waals surface area (Å²) in [5.41, 5.74) is 2.53. The molecule has 0 radical (unpaired) electrons. The molecule has 0 aliphatic carbocycles. The Morgan fingerprint density at radius 2 is 1.71 bits per heavy atom. The molecule has 0 saturated carbocycles. The van der Waals surface area contributed by atoms with Gasteiger partial charge in [-0.25, -0.2) is 0 Å².